The maximum absolute atomic E-state index is 14.2. The number of methoxy groups -OCH3 is 1. The highest BCUT2D eigenvalue weighted by molar-refractivity contribution is 7.92. The number of hydrogen-bond donors (Lipinski definition) is 1. The van der Waals surface area contributed by atoms with Crippen LogP contribution in [0.5, 0.6) is 5.75 Å². The fraction of sp³-hybridized carbons (Fsp3) is 0.355. The molecule has 2 amide bonds. The highest BCUT2D eigenvalue weighted by Gasteiger charge is 2.34. The van der Waals surface area contributed by atoms with Crippen molar-refractivity contribution in [2.45, 2.75) is 57.5 Å². The number of nitrogens with one attached hydrogen (secondary N) is 1. The molecule has 1 unspecified atom stereocenters. The second kappa shape index (κ2) is 15.3. The zero-order chi connectivity index (χ0) is 30.9. The Morgan fingerprint density at radius 1 is 0.976 bits per heavy atom. The van der Waals surface area contributed by atoms with E-state index < -0.39 is 28.5 Å². The minimum atomic E-state index is -4.27. The van der Waals surface area contributed by atoms with Gasteiger partial charge in [-0.05, 0) is 61.7 Å². The number of anilines is 1. The third kappa shape index (κ3) is 8.18. The molecule has 0 aromatic heterocycles. The van der Waals surface area contributed by atoms with Gasteiger partial charge in [-0.1, -0.05) is 79.4 Å². The average Bonchev–Trinajstić information content (AvgIpc) is 2.98. The van der Waals surface area contributed by atoms with Gasteiger partial charge in [-0.15, -0.1) is 0 Å². The summed E-state index contributed by atoms with van der Waals surface area (Å²) in [7, 11) is -2.71. The van der Waals surface area contributed by atoms with Crippen LogP contribution in [0.2, 0.25) is 10.0 Å². The summed E-state index contributed by atoms with van der Waals surface area (Å²) in [6, 6.07) is 17.2. The first-order chi connectivity index (χ1) is 20.0. The number of aryl methyl sites for hydroxylation is 1. The monoisotopic (exact) mass is 633 g/mol. The Balaban J connectivity index is 2.07. The molecule has 3 rings (SSSR count). The molecule has 226 valence electrons. The fourth-order valence-electron chi connectivity index (χ4n) is 4.39. The first-order valence-corrected chi connectivity index (χ1v) is 16.0. The SMILES string of the molecule is CCCCNC(=O)C(CC)N(Cc1ccc(OC)cc1)C(=O)CN(c1cccc(Cl)c1Cl)S(=O)(=O)c1ccc(C)cc1. The maximum Gasteiger partial charge on any atom is 0.264 e. The summed E-state index contributed by atoms with van der Waals surface area (Å²) in [5.74, 6) is -0.233. The van der Waals surface area contributed by atoms with Gasteiger partial charge >= 0.3 is 0 Å². The average molecular weight is 635 g/mol. The Labute approximate surface area is 258 Å². The fourth-order valence-corrected chi connectivity index (χ4v) is 6.26. The van der Waals surface area contributed by atoms with Crippen LogP contribution in [-0.2, 0) is 26.2 Å². The Morgan fingerprint density at radius 2 is 1.64 bits per heavy atom. The molecule has 0 aliphatic heterocycles. The first-order valence-electron chi connectivity index (χ1n) is 13.8. The molecule has 11 heteroatoms. The highest BCUT2D eigenvalue weighted by Crippen LogP contribution is 2.35. The van der Waals surface area contributed by atoms with Crippen LogP contribution in [0.1, 0.15) is 44.2 Å². The van der Waals surface area contributed by atoms with E-state index in [0.717, 1.165) is 28.3 Å². The third-order valence-corrected chi connectivity index (χ3v) is 9.40. The van der Waals surface area contributed by atoms with E-state index in [0.29, 0.717) is 18.7 Å². The van der Waals surface area contributed by atoms with Gasteiger partial charge in [0.1, 0.15) is 18.3 Å². The normalized spacial score (nSPS) is 12.0. The van der Waals surface area contributed by atoms with Crippen LogP contribution in [0.3, 0.4) is 0 Å². The maximum atomic E-state index is 14.2. The number of carbonyl (C=O) groups is 2. The van der Waals surface area contributed by atoms with E-state index >= 15 is 0 Å². The molecule has 0 fully saturated rings. The van der Waals surface area contributed by atoms with Crippen LogP contribution in [-0.4, -0.2) is 51.4 Å². The molecule has 1 N–H and O–H groups in total. The molecule has 8 nitrogen and oxygen atoms in total. The van der Waals surface area contributed by atoms with Crippen LogP contribution in [0.15, 0.2) is 71.6 Å². The van der Waals surface area contributed by atoms with Crippen molar-refractivity contribution in [2.24, 2.45) is 0 Å². The number of nitrogens with zero attached hydrogens (tertiary/aromatic N) is 2. The molecule has 0 radical (unpaired) electrons. The lowest BCUT2D eigenvalue weighted by atomic mass is 10.1. The van der Waals surface area contributed by atoms with Crippen LogP contribution in [0.25, 0.3) is 0 Å². The molecule has 0 bridgehead atoms. The van der Waals surface area contributed by atoms with Crippen LogP contribution in [0.4, 0.5) is 5.69 Å². The molecule has 3 aromatic carbocycles. The Hall–Kier alpha value is -3.27. The number of hydrogen-bond acceptors (Lipinski definition) is 5. The second-order valence-electron chi connectivity index (χ2n) is 9.84. The summed E-state index contributed by atoms with van der Waals surface area (Å²) < 4.78 is 34.2. The van der Waals surface area contributed by atoms with Crippen LogP contribution >= 0.6 is 23.2 Å². The van der Waals surface area contributed by atoms with Crippen molar-refractivity contribution in [3.8, 4) is 5.75 Å². The zero-order valence-electron chi connectivity index (χ0n) is 24.3. The summed E-state index contributed by atoms with van der Waals surface area (Å²) in [4.78, 5) is 28.9. The minimum Gasteiger partial charge on any atom is -0.497 e. The first kappa shape index (κ1) is 33.2. The lowest BCUT2D eigenvalue weighted by Crippen LogP contribution is -2.52. The van der Waals surface area contributed by atoms with Crippen molar-refractivity contribution in [3.63, 3.8) is 0 Å². The topological polar surface area (TPSA) is 96.0 Å². The summed E-state index contributed by atoms with van der Waals surface area (Å²) in [5, 5.41) is 3.05. The summed E-state index contributed by atoms with van der Waals surface area (Å²) in [5.41, 5.74) is 1.68. The molecular formula is C31H37Cl2N3O5S. The number of unbranched alkanes of at least 4 members (excludes halogenated alkanes) is 1. The molecule has 42 heavy (non-hydrogen) atoms. The Morgan fingerprint density at radius 3 is 2.24 bits per heavy atom. The van der Waals surface area contributed by atoms with Crippen molar-refractivity contribution in [3.05, 3.63) is 87.9 Å². The molecule has 0 aliphatic carbocycles. The van der Waals surface area contributed by atoms with Crippen molar-refractivity contribution in [2.75, 3.05) is 24.5 Å². The second-order valence-corrected chi connectivity index (χ2v) is 12.5. The largest absolute Gasteiger partial charge is 0.497 e. The molecule has 0 aliphatic rings. The van der Waals surface area contributed by atoms with Gasteiger partial charge in [0, 0.05) is 13.1 Å². The molecular weight excluding hydrogens is 597 g/mol. The van der Waals surface area contributed by atoms with E-state index in [1.807, 2.05) is 20.8 Å². The third-order valence-electron chi connectivity index (χ3n) is 6.82. The van der Waals surface area contributed by atoms with Gasteiger partial charge in [0.2, 0.25) is 11.8 Å². The van der Waals surface area contributed by atoms with E-state index in [1.165, 1.54) is 29.2 Å². The summed E-state index contributed by atoms with van der Waals surface area (Å²) >= 11 is 12.8. The number of ether oxygens (including phenoxy) is 1. The van der Waals surface area contributed by atoms with Crippen LogP contribution in [0, 0.1) is 6.92 Å². The molecule has 3 aromatic rings. The zero-order valence-corrected chi connectivity index (χ0v) is 26.6. The van der Waals surface area contributed by atoms with Gasteiger partial charge < -0.3 is 15.0 Å². The van der Waals surface area contributed by atoms with E-state index in [4.69, 9.17) is 27.9 Å². The number of sulfonamides is 1. The predicted octanol–water partition coefficient (Wildman–Crippen LogP) is 6.23. The van der Waals surface area contributed by atoms with Gasteiger partial charge in [-0.3, -0.25) is 13.9 Å². The molecule has 1 atom stereocenters. The van der Waals surface area contributed by atoms with Crippen molar-refractivity contribution < 1.29 is 22.7 Å². The van der Waals surface area contributed by atoms with Crippen molar-refractivity contribution in [1.82, 2.24) is 10.2 Å². The van der Waals surface area contributed by atoms with Gasteiger partial charge in [0.05, 0.1) is 27.7 Å². The van der Waals surface area contributed by atoms with Crippen molar-refractivity contribution >= 4 is 50.7 Å². The van der Waals surface area contributed by atoms with E-state index in [1.54, 1.807) is 49.6 Å². The van der Waals surface area contributed by atoms with Gasteiger partial charge in [0.15, 0.2) is 0 Å². The van der Waals surface area contributed by atoms with Crippen molar-refractivity contribution in [1.29, 1.82) is 0 Å². The van der Waals surface area contributed by atoms with E-state index in [9.17, 15) is 18.0 Å². The van der Waals surface area contributed by atoms with Gasteiger partial charge in [0.25, 0.3) is 10.0 Å². The lowest BCUT2D eigenvalue weighted by molar-refractivity contribution is -0.140. The number of carbonyl (C=O) groups excluding carboxylic acids is 2. The van der Waals surface area contributed by atoms with Gasteiger partial charge in [-0.2, -0.15) is 0 Å². The molecule has 0 spiro atoms. The van der Waals surface area contributed by atoms with Gasteiger partial charge in [-0.25, -0.2) is 8.42 Å². The standard InChI is InChI=1S/C31H37Cl2N3O5S/c1-5-7-19-34-31(38)27(6-2)35(20-23-13-15-24(41-4)16-14-23)29(37)21-36(28-10-8-9-26(32)30(28)33)42(39,40)25-17-11-22(3)12-18-25/h8-18,27H,5-7,19-21H2,1-4H3,(H,34,38). The molecule has 0 saturated carbocycles. The quantitative estimate of drug-likeness (QED) is 0.212. The molecule has 0 saturated heterocycles. The Kier molecular flexibility index (Phi) is 12.1. The summed E-state index contributed by atoms with van der Waals surface area (Å²) in [6.45, 7) is 5.62. The lowest BCUT2D eigenvalue weighted by Gasteiger charge is -2.33. The van der Waals surface area contributed by atoms with Crippen LogP contribution < -0.4 is 14.4 Å². The smallest absolute Gasteiger partial charge is 0.264 e. The van der Waals surface area contributed by atoms with E-state index in [-0.39, 0.29) is 33.1 Å². The number of amides is 2. The highest BCUT2D eigenvalue weighted by atomic mass is 35.5. The Bertz CT molecular complexity index is 1460. The molecule has 0 heterocycles. The van der Waals surface area contributed by atoms with E-state index in [2.05, 4.69) is 5.32 Å². The number of benzene rings is 3. The number of halogens is 2. The number of rotatable bonds is 14. The minimum absolute atomic E-state index is 0.00583. The predicted molar refractivity (Wildman–Crippen MR) is 168 cm³/mol. The summed E-state index contributed by atoms with van der Waals surface area (Å²) in [6.07, 6.45) is 2.02.